The second-order valence-electron chi connectivity index (χ2n) is 7.34. The molecule has 0 spiro atoms. The molecular weight excluding hydrogens is 328 g/mol. The summed E-state index contributed by atoms with van der Waals surface area (Å²) in [5.41, 5.74) is 2.54. The molecule has 1 amide bonds. The van der Waals surface area contributed by atoms with E-state index in [1.54, 1.807) is 14.2 Å². The number of rotatable bonds is 7. The first kappa shape index (κ1) is 18.8. The second-order valence-corrected chi connectivity index (χ2v) is 7.34. The van der Waals surface area contributed by atoms with Crippen LogP contribution >= 0.6 is 0 Å². The van der Waals surface area contributed by atoms with Crippen LogP contribution in [0.3, 0.4) is 0 Å². The molecule has 5 nitrogen and oxygen atoms in total. The molecule has 2 N–H and O–H groups in total. The number of carbonyl (C=O) groups excluding carboxylic acids is 1. The van der Waals surface area contributed by atoms with Gasteiger partial charge in [0.05, 0.1) is 33.9 Å². The zero-order valence-corrected chi connectivity index (χ0v) is 16.0. The van der Waals surface area contributed by atoms with Crippen molar-refractivity contribution in [1.29, 1.82) is 0 Å². The number of carbonyl (C=O) groups is 1. The number of fused-ring (bicyclic) bond motifs is 1. The third-order valence-corrected chi connectivity index (χ3v) is 5.84. The lowest BCUT2D eigenvalue weighted by Crippen LogP contribution is -3.13. The van der Waals surface area contributed by atoms with Crippen molar-refractivity contribution in [2.75, 3.05) is 33.9 Å². The number of amides is 1. The number of hydrogen-bond acceptors (Lipinski definition) is 3. The van der Waals surface area contributed by atoms with E-state index in [4.69, 9.17) is 9.47 Å². The van der Waals surface area contributed by atoms with E-state index in [9.17, 15) is 4.79 Å². The first-order valence-corrected chi connectivity index (χ1v) is 9.66. The van der Waals surface area contributed by atoms with Crippen LogP contribution in [0.1, 0.15) is 42.9 Å². The van der Waals surface area contributed by atoms with Gasteiger partial charge in [-0.15, -0.1) is 0 Å². The number of quaternary nitrogens is 1. The van der Waals surface area contributed by atoms with E-state index >= 15 is 0 Å². The summed E-state index contributed by atoms with van der Waals surface area (Å²) in [6, 6.07) is 4.38. The van der Waals surface area contributed by atoms with E-state index in [0.717, 1.165) is 43.9 Å². The van der Waals surface area contributed by atoms with Gasteiger partial charge in [0.25, 0.3) is 0 Å². The molecule has 2 aliphatic rings. The van der Waals surface area contributed by atoms with Crippen LogP contribution < -0.4 is 19.7 Å². The van der Waals surface area contributed by atoms with Crippen molar-refractivity contribution in [3.63, 3.8) is 0 Å². The molecule has 0 bridgehead atoms. The van der Waals surface area contributed by atoms with Crippen LogP contribution in [0.4, 0.5) is 0 Å². The highest BCUT2D eigenvalue weighted by Gasteiger charge is 2.33. The van der Waals surface area contributed by atoms with Crippen molar-refractivity contribution >= 4 is 5.91 Å². The largest absolute Gasteiger partial charge is 0.493 e. The number of nitrogens with one attached hydrogen (secondary N) is 2. The fourth-order valence-electron chi connectivity index (χ4n) is 4.39. The lowest BCUT2D eigenvalue weighted by atomic mass is 9.91. The Morgan fingerprint density at radius 1 is 1.27 bits per heavy atom. The summed E-state index contributed by atoms with van der Waals surface area (Å²) in [7, 11) is 3.33. The van der Waals surface area contributed by atoms with E-state index in [1.165, 1.54) is 28.9 Å². The second kappa shape index (κ2) is 8.58. The SMILES string of the molecule is C=CC[NH+]1CCc2cc(OC)c(OC)cc2[C@H]1CNC(=O)C1CCCC1. The Hall–Kier alpha value is -2.01. The summed E-state index contributed by atoms with van der Waals surface area (Å²) in [5.74, 6) is 1.93. The summed E-state index contributed by atoms with van der Waals surface area (Å²) in [6.45, 7) is 6.48. The van der Waals surface area contributed by atoms with E-state index < -0.39 is 0 Å². The molecule has 0 aromatic heterocycles. The van der Waals surface area contributed by atoms with Gasteiger partial charge < -0.3 is 19.7 Å². The summed E-state index contributed by atoms with van der Waals surface area (Å²) in [4.78, 5) is 13.9. The van der Waals surface area contributed by atoms with Gasteiger partial charge in [-0.25, -0.2) is 0 Å². The summed E-state index contributed by atoms with van der Waals surface area (Å²) in [6.07, 6.45) is 7.37. The average molecular weight is 359 g/mol. The van der Waals surface area contributed by atoms with E-state index in [2.05, 4.69) is 24.0 Å². The number of methoxy groups -OCH3 is 2. The minimum absolute atomic E-state index is 0.200. The molecule has 142 valence electrons. The normalized spacial score (nSPS) is 22.5. The Morgan fingerprint density at radius 3 is 2.62 bits per heavy atom. The van der Waals surface area contributed by atoms with E-state index in [0.29, 0.717) is 6.54 Å². The Bertz CT molecular complexity index is 653. The molecule has 1 aliphatic carbocycles. The van der Waals surface area contributed by atoms with Crippen molar-refractivity contribution in [1.82, 2.24) is 5.32 Å². The zero-order valence-electron chi connectivity index (χ0n) is 16.0. The molecule has 3 rings (SSSR count). The van der Waals surface area contributed by atoms with Gasteiger partial charge in [-0.05, 0) is 36.6 Å². The molecule has 1 aromatic carbocycles. The van der Waals surface area contributed by atoms with Crippen molar-refractivity contribution in [3.05, 3.63) is 35.9 Å². The maximum atomic E-state index is 12.5. The molecule has 0 saturated heterocycles. The Morgan fingerprint density at radius 2 is 1.96 bits per heavy atom. The third kappa shape index (κ3) is 3.88. The van der Waals surface area contributed by atoms with Crippen LogP contribution in [-0.4, -0.2) is 39.8 Å². The monoisotopic (exact) mass is 359 g/mol. The fraction of sp³-hybridized carbons (Fsp3) is 0.571. The summed E-state index contributed by atoms with van der Waals surface area (Å²) < 4.78 is 11.0. The summed E-state index contributed by atoms with van der Waals surface area (Å²) in [5, 5.41) is 3.22. The van der Waals surface area contributed by atoms with Gasteiger partial charge in [0, 0.05) is 17.9 Å². The molecular formula is C21H31N2O3+. The van der Waals surface area contributed by atoms with Crippen molar-refractivity contribution in [2.24, 2.45) is 5.92 Å². The predicted octanol–water partition coefficient (Wildman–Crippen LogP) is 1.68. The first-order chi connectivity index (χ1) is 12.7. The Labute approximate surface area is 156 Å². The molecule has 1 saturated carbocycles. The van der Waals surface area contributed by atoms with Crippen LogP contribution in [0.25, 0.3) is 0 Å². The minimum Gasteiger partial charge on any atom is -0.493 e. The van der Waals surface area contributed by atoms with Gasteiger partial charge in [0.1, 0.15) is 6.04 Å². The van der Waals surface area contributed by atoms with Gasteiger partial charge in [-0.3, -0.25) is 4.79 Å². The molecule has 2 atom stereocenters. The molecule has 1 unspecified atom stereocenters. The molecule has 1 fully saturated rings. The van der Waals surface area contributed by atoms with Crippen LogP contribution in [0.5, 0.6) is 11.5 Å². The first-order valence-electron chi connectivity index (χ1n) is 9.66. The van der Waals surface area contributed by atoms with Gasteiger partial charge in [0.2, 0.25) is 5.91 Å². The molecule has 26 heavy (non-hydrogen) atoms. The lowest BCUT2D eigenvalue weighted by Gasteiger charge is -2.34. The quantitative estimate of drug-likeness (QED) is 0.729. The molecule has 1 heterocycles. The molecule has 1 aromatic rings. The van der Waals surface area contributed by atoms with Gasteiger partial charge in [0.15, 0.2) is 11.5 Å². The van der Waals surface area contributed by atoms with E-state index in [1.807, 2.05) is 6.08 Å². The predicted molar refractivity (Wildman–Crippen MR) is 102 cm³/mol. The Kier molecular flexibility index (Phi) is 6.20. The van der Waals surface area contributed by atoms with Crippen molar-refractivity contribution in [2.45, 2.75) is 38.1 Å². The lowest BCUT2D eigenvalue weighted by molar-refractivity contribution is -0.927. The highest BCUT2D eigenvalue weighted by Crippen LogP contribution is 2.34. The van der Waals surface area contributed by atoms with Crippen LogP contribution in [0.15, 0.2) is 24.8 Å². The van der Waals surface area contributed by atoms with Crippen molar-refractivity contribution < 1.29 is 19.2 Å². The van der Waals surface area contributed by atoms with Gasteiger partial charge >= 0.3 is 0 Å². The van der Waals surface area contributed by atoms with Crippen LogP contribution in [0.2, 0.25) is 0 Å². The summed E-state index contributed by atoms with van der Waals surface area (Å²) >= 11 is 0. The van der Waals surface area contributed by atoms with Gasteiger partial charge in [-0.1, -0.05) is 19.4 Å². The van der Waals surface area contributed by atoms with Crippen LogP contribution in [-0.2, 0) is 11.2 Å². The Balaban J connectivity index is 1.82. The smallest absolute Gasteiger partial charge is 0.223 e. The molecule has 0 radical (unpaired) electrons. The fourth-order valence-corrected chi connectivity index (χ4v) is 4.39. The maximum Gasteiger partial charge on any atom is 0.223 e. The molecule has 1 aliphatic heterocycles. The number of benzene rings is 1. The molecule has 5 heteroatoms. The standard InChI is InChI=1S/C21H30N2O3/c1-4-10-23-11-9-16-12-19(25-2)20(26-3)13-17(16)18(23)14-22-21(24)15-7-5-6-8-15/h4,12-13,15,18H,1,5-11,14H2,2-3H3,(H,22,24)/p+1/t18-/m1/s1. The average Bonchev–Trinajstić information content (AvgIpc) is 3.20. The van der Waals surface area contributed by atoms with Gasteiger partial charge in [-0.2, -0.15) is 0 Å². The maximum absolute atomic E-state index is 12.5. The number of ether oxygens (including phenoxy) is 2. The van der Waals surface area contributed by atoms with Crippen LogP contribution in [0, 0.1) is 5.92 Å². The zero-order chi connectivity index (χ0) is 18.5. The topological polar surface area (TPSA) is 52.0 Å². The van der Waals surface area contributed by atoms with Crippen molar-refractivity contribution in [3.8, 4) is 11.5 Å². The highest BCUT2D eigenvalue weighted by molar-refractivity contribution is 5.78. The minimum atomic E-state index is 0.200. The number of hydrogen-bond donors (Lipinski definition) is 2. The third-order valence-electron chi connectivity index (χ3n) is 5.84. The highest BCUT2D eigenvalue weighted by atomic mass is 16.5. The van der Waals surface area contributed by atoms with E-state index in [-0.39, 0.29) is 17.9 Å².